The topological polar surface area (TPSA) is 74.7 Å². The van der Waals surface area contributed by atoms with Crippen LogP contribution in [0.1, 0.15) is 11.3 Å². The molecule has 6 heteroatoms. The molecule has 0 bridgehead atoms. The lowest BCUT2D eigenvalue weighted by atomic mass is 10.3. The predicted octanol–water partition coefficient (Wildman–Crippen LogP) is 1.33. The summed E-state index contributed by atoms with van der Waals surface area (Å²) in [4.78, 5) is 8.93. The van der Waals surface area contributed by atoms with E-state index < -0.39 is 0 Å². The van der Waals surface area contributed by atoms with Gasteiger partial charge in [0.25, 0.3) is 0 Å². The van der Waals surface area contributed by atoms with Crippen LogP contribution in [0.25, 0.3) is 0 Å². The second-order valence-electron chi connectivity index (χ2n) is 3.33. The number of aliphatic hydroxyl groups excluding tert-OH is 1. The number of aromatic nitrogens is 3. The Morgan fingerprint density at radius 3 is 3.00 bits per heavy atom. The van der Waals surface area contributed by atoms with Gasteiger partial charge in [0.1, 0.15) is 6.07 Å². The van der Waals surface area contributed by atoms with E-state index in [1.54, 1.807) is 29.2 Å². The minimum Gasteiger partial charge on any atom is -0.390 e. The van der Waals surface area contributed by atoms with Gasteiger partial charge in [-0.1, -0.05) is 0 Å². The molecule has 17 heavy (non-hydrogen) atoms. The Bertz CT molecular complexity index is 573. The van der Waals surface area contributed by atoms with Crippen LogP contribution < -0.4 is 0 Å². The van der Waals surface area contributed by atoms with Crippen LogP contribution in [0.5, 0.6) is 0 Å². The van der Waals surface area contributed by atoms with E-state index in [1.165, 1.54) is 11.8 Å². The van der Waals surface area contributed by atoms with Crippen molar-refractivity contribution in [2.75, 3.05) is 0 Å². The van der Waals surface area contributed by atoms with Crippen molar-refractivity contribution in [1.82, 2.24) is 14.5 Å². The molecule has 86 valence electrons. The largest absolute Gasteiger partial charge is 0.390 e. The summed E-state index contributed by atoms with van der Waals surface area (Å²) < 4.78 is 1.79. The molecule has 1 N–H and O–H groups in total. The Hall–Kier alpha value is -1.84. The van der Waals surface area contributed by atoms with Crippen molar-refractivity contribution in [3.8, 4) is 6.07 Å². The fourth-order valence-electron chi connectivity index (χ4n) is 1.32. The highest BCUT2D eigenvalue weighted by Crippen LogP contribution is 2.28. The molecule has 0 unspecified atom stereocenters. The van der Waals surface area contributed by atoms with Gasteiger partial charge in [-0.3, -0.25) is 4.98 Å². The van der Waals surface area contributed by atoms with Gasteiger partial charge in [-0.15, -0.1) is 0 Å². The van der Waals surface area contributed by atoms with Crippen LogP contribution in [0.15, 0.2) is 34.7 Å². The average molecular weight is 246 g/mol. The standard InChI is InChI=1S/C11H10N4OS/c1-15-9(7-16)5-14-11(15)17-10-6-13-3-2-8(10)4-12/h2-3,5-6,16H,7H2,1H3. The fourth-order valence-corrected chi connectivity index (χ4v) is 2.21. The first-order chi connectivity index (χ1) is 8.26. The summed E-state index contributed by atoms with van der Waals surface area (Å²) in [6.45, 7) is -0.0534. The zero-order chi connectivity index (χ0) is 12.3. The third kappa shape index (κ3) is 2.30. The smallest absolute Gasteiger partial charge is 0.172 e. The van der Waals surface area contributed by atoms with Gasteiger partial charge in [-0.25, -0.2) is 4.98 Å². The van der Waals surface area contributed by atoms with Crippen LogP contribution in [0, 0.1) is 11.3 Å². The third-order valence-corrected chi connectivity index (χ3v) is 3.42. The molecule has 0 radical (unpaired) electrons. The number of aliphatic hydroxyl groups is 1. The number of nitriles is 1. The zero-order valence-corrected chi connectivity index (χ0v) is 9.98. The van der Waals surface area contributed by atoms with Crippen molar-refractivity contribution < 1.29 is 5.11 Å². The molecule has 0 fully saturated rings. The normalized spacial score (nSPS) is 10.2. The van der Waals surface area contributed by atoms with E-state index in [0.717, 1.165) is 15.7 Å². The monoisotopic (exact) mass is 246 g/mol. The van der Waals surface area contributed by atoms with E-state index in [4.69, 9.17) is 10.4 Å². The number of hydrogen-bond donors (Lipinski definition) is 1. The summed E-state index contributed by atoms with van der Waals surface area (Å²) in [6.07, 6.45) is 4.83. The first-order valence-corrected chi connectivity index (χ1v) is 5.71. The predicted molar refractivity (Wildman–Crippen MR) is 62.2 cm³/mol. The van der Waals surface area contributed by atoms with Crippen molar-refractivity contribution in [3.63, 3.8) is 0 Å². The molecule has 0 aliphatic rings. The van der Waals surface area contributed by atoms with Gasteiger partial charge in [0.2, 0.25) is 0 Å². The van der Waals surface area contributed by atoms with Crippen molar-refractivity contribution in [1.29, 1.82) is 5.26 Å². The summed E-state index contributed by atoms with van der Waals surface area (Å²) >= 11 is 1.36. The molecule has 0 saturated heterocycles. The van der Waals surface area contributed by atoms with Crippen molar-refractivity contribution in [3.05, 3.63) is 35.9 Å². The first-order valence-electron chi connectivity index (χ1n) is 4.89. The Morgan fingerprint density at radius 2 is 2.35 bits per heavy atom. The zero-order valence-electron chi connectivity index (χ0n) is 9.16. The Balaban J connectivity index is 2.32. The van der Waals surface area contributed by atoms with Gasteiger partial charge < -0.3 is 9.67 Å². The minimum absolute atomic E-state index is 0.0534. The van der Waals surface area contributed by atoms with Gasteiger partial charge in [-0.05, 0) is 17.8 Å². The molecule has 0 aromatic carbocycles. The van der Waals surface area contributed by atoms with Crippen molar-refractivity contribution in [2.24, 2.45) is 7.05 Å². The molecule has 0 atom stereocenters. The molecule has 2 aromatic heterocycles. The molecular formula is C11H10N4OS. The number of pyridine rings is 1. The maximum Gasteiger partial charge on any atom is 0.172 e. The van der Waals surface area contributed by atoms with Crippen molar-refractivity contribution >= 4 is 11.8 Å². The van der Waals surface area contributed by atoms with E-state index >= 15 is 0 Å². The third-order valence-electron chi connectivity index (χ3n) is 2.31. The molecule has 0 amide bonds. The number of imidazole rings is 1. The van der Waals surface area contributed by atoms with Crippen LogP contribution in [0.3, 0.4) is 0 Å². The summed E-state index contributed by atoms with van der Waals surface area (Å²) in [6, 6.07) is 3.77. The van der Waals surface area contributed by atoms with E-state index in [-0.39, 0.29) is 6.61 Å². The molecule has 2 aromatic rings. The second-order valence-corrected chi connectivity index (χ2v) is 4.34. The second kappa shape index (κ2) is 4.99. The Labute approximate surface area is 103 Å². The van der Waals surface area contributed by atoms with Gasteiger partial charge in [0.05, 0.1) is 29.0 Å². The Morgan fingerprint density at radius 1 is 1.53 bits per heavy atom. The quantitative estimate of drug-likeness (QED) is 0.884. The summed E-state index contributed by atoms with van der Waals surface area (Å²) in [7, 11) is 1.82. The molecule has 0 aliphatic carbocycles. The van der Waals surface area contributed by atoms with Gasteiger partial charge in [-0.2, -0.15) is 5.26 Å². The molecule has 5 nitrogen and oxygen atoms in total. The minimum atomic E-state index is -0.0534. The van der Waals surface area contributed by atoms with E-state index in [0.29, 0.717) is 5.56 Å². The maximum atomic E-state index is 9.06. The average Bonchev–Trinajstić information content (AvgIpc) is 2.71. The summed E-state index contributed by atoms with van der Waals surface area (Å²) in [5, 5.41) is 18.7. The maximum absolute atomic E-state index is 9.06. The van der Waals surface area contributed by atoms with Gasteiger partial charge in [0, 0.05) is 19.4 Å². The SMILES string of the molecule is Cn1c(CO)cnc1Sc1cnccc1C#N. The van der Waals surface area contributed by atoms with E-state index in [1.807, 2.05) is 7.05 Å². The Kier molecular flexibility index (Phi) is 3.42. The van der Waals surface area contributed by atoms with Crippen LogP contribution in [-0.4, -0.2) is 19.6 Å². The molecule has 0 spiro atoms. The van der Waals surface area contributed by atoms with Crippen LogP contribution >= 0.6 is 11.8 Å². The highest BCUT2D eigenvalue weighted by Gasteiger charge is 2.10. The summed E-state index contributed by atoms with van der Waals surface area (Å²) in [5.74, 6) is 0. The first kappa shape index (κ1) is 11.6. The lowest BCUT2D eigenvalue weighted by Gasteiger charge is -2.04. The molecule has 0 aliphatic heterocycles. The van der Waals surface area contributed by atoms with Crippen molar-refractivity contribution in [2.45, 2.75) is 16.7 Å². The van der Waals surface area contributed by atoms with E-state index in [2.05, 4.69) is 16.0 Å². The summed E-state index contributed by atoms with van der Waals surface area (Å²) in [5.41, 5.74) is 1.30. The number of hydrogen-bond acceptors (Lipinski definition) is 5. The molecule has 2 rings (SSSR count). The van der Waals surface area contributed by atoms with Crippen LogP contribution in [0.2, 0.25) is 0 Å². The van der Waals surface area contributed by atoms with Gasteiger partial charge in [0.15, 0.2) is 5.16 Å². The molecule has 2 heterocycles. The molecule has 0 saturated carbocycles. The van der Waals surface area contributed by atoms with Crippen LogP contribution in [-0.2, 0) is 13.7 Å². The lowest BCUT2D eigenvalue weighted by Crippen LogP contribution is -1.97. The highest BCUT2D eigenvalue weighted by molar-refractivity contribution is 7.99. The number of nitrogens with zero attached hydrogens (tertiary/aromatic N) is 4. The lowest BCUT2D eigenvalue weighted by molar-refractivity contribution is 0.271. The van der Waals surface area contributed by atoms with Gasteiger partial charge >= 0.3 is 0 Å². The molecular weight excluding hydrogens is 236 g/mol. The fraction of sp³-hybridized carbons (Fsp3) is 0.182. The van der Waals surface area contributed by atoms with Crippen LogP contribution in [0.4, 0.5) is 0 Å². The number of rotatable bonds is 3. The van der Waals surface area contributed by atoms with E-state index in [9.17, 15) is 0 Å². The highest BCUT2D eigenvalue weighted by atomic mass is 32.2.